The summed E-state index contributed by atoms with van der Waals surface area (Å²) in [7, 11) is 0. The molecule has 0 aromatic heterocycles. The third-order valence-electron chi connectivity index (χ3n) is 1.72. The van der Waals surface area contributed by atoms with E-state index in [4.69, 9.17) is 5.11 Å². The maximum Gasteiger partial charge on any atom is 0.315 e. The van der Waals surface area contributed by atoms with Crippen molar-refractivity contribution in [2.75, 3.05) is 6.61 Å². The lowest BCUT2D eigenvalue weighted by molar-refractivity contribution is -0.318. The Bertz CT molecular complexity index is 145. The van der Waals surface area contributed by atoms with Crippen molar-refractivity contribution in [3.63, 3.8) is 0 Å². The average Bonchev–Trinajstić information content (AvgIpc) is 1.83. The molecule has 1 rings (SSSR count). The summed E-state index contributed by atoms with van der Waals surface area (Å²) in [5.74, 6) is -9.45. The van der Waals surface area contributed by atoms with Crippen molar-refractivity contribution >= 4 is 0 Å². The molecule has 1 fully saturated rings. The van der Waals surface area contributed by atoms with Gasteiger partial charge < -0.3 is 5.11 Å². The predicted molar refractivity (Wildman–Crippen MR) is 25.1 cm³/mol. The Morgan fingerprint density at radius 3 is 1.90 bits per heavy atom. The van der Waals surface area contributed by atoms with E-state index in [-0.39, 0.29) is 0 Å². The van der Waals surface area contributed by atoms with E-state index in [2.05, 4.69) is 0 Å². The van der Waals surface area contributed by atoms with E-state index in [1.165, 1.54) is 0 Å². The molecule has 0 heterocycles. The fraction of sp³-hybridized carbons (Fsp3) is 1.00. The van der Waals surface area contributed by atoms with Crippen molar-refractivity contribution in [3.8, 4) is 0 Å². The van der Waals surface area contributed by atoms with Gasteiger partial charge in [0.1, 0.15) is 0 Å². The number of aliphatic hydroxyl groups excluding tert-OH is 1. The number of alkyl halides is 4. The van der Waals surface area contributed by atoms with Crippen LogP contribution in [0.1, 0.15) is 6.42 Å². The summed E-state index contributed by atoms with van der Waals surface area (Å²) in [4.78, 5) is 0. The van der Waals surface area contributed by atoms with Gasteiger partial charge in [-0.05, 0) is 0 Å². The number of hydrogen-bond donors (Lipinski definition) is 1. The minimum absolute atomic E-state index is 0.872. The van der Waals surface area contributed by atoms with Crippen LogP contribution in [0.4, 0.5) is 17.6 Å². The van der Waals surface area contributed by atoms with E-state index in [1.54, 1.807) is 0 Å². The number of rotatable bonds is 1. The first kappa shape index (κ1) is 7.78. The van der Waals surface area contributed by atoms with Gasteiger partial charge in [0.15, 0.2) is 0 Å². The van der Waals surface area contributed by atoms with Gasteiger partial charge in [0.2, 0.25) is 0 Å². The second kappa shape index (κ2) is 1.84. The molecule has 1 saturated carbocycles. The van der Waals surface area contributed by atoms with Gasteiger partial charge >= 0.3 is 11.8 Å². The molecule has 1 aliphatic carbocycles. The average molecular weight is 158 g/mol. The first-order chi connectivity index (χ1) is 4.42. The van der Waals surface area contributed by atoms with E-state index in [0.29, 0.717) is 0 Å². The van der Waals surface area contributed by atoms with Crippen molar-refractivity contribution in [2.45, 2.75) is 18.3 Å². The molecule has 1 nitrogen and oxygen atoms in total. The van der Waals surface area contributed by atoms with Crippen LogP contribution in [0.25, 0.3) is 0 Å². The monoisotopic (exact) mass is 158 g/mol. The molecule has 1 aliphatic rings. The molecule has 5 heteroatoms. The predicted octanol–water partition coefficient (Wildman–Crippen LogP) is 1.27. The minimum atomic E-state index is -4.00. The summed E-state index contributed by atoms with van der Waals surface area (Å²) in [5.41, 5.74) is 0. The molecular weight excluding hydrogens is 152 g/mol. The molecule has 0 amide bonds. The summed E-state index contributed by atoms with van der Waals surface area (Å²) in [6.45, 7) is -0.872. The molecule has 0 radical (unpaired) electrons. The zero-order valence-electron chi connectivity index (χ0n) is 4.95. The van der Waals surface area contributed by atoms with E-state index in [9.17, 15) is 17.6 Å². The normalized spacial score (nSPS) is 35.1. The zero-order chi connectivity index (χ0) is 7.99. The van der Waals surface area contributed by atoms with Crippen LogP contribution in [0.15, 0.2) is 0 Å². The first-order valence-corrected chi connectivity index (χ1v) is 2.78. The lowest BCUT2D eigenvalue weighted by Gasteiger charge is -2.42. The Morgan fingerprint density at radius 2 is 1.80 bits per heavy atom. The van der Waals surface area contributed by atoms with Crippen LogP contribution in [0.5, 0.6) is 0 Å². The molecule has 0 aliphatic heterocycles. The van der Waals surface area contributed by atoms with E-state index in [0.717, 1.165) is 0 Å². The highest BCUT2D eigenvalue weighted by Gasteiger charge is 2.71. The smallest absolute Gasteiger partial charge is 0.315 e. The summed E-state index contributed by atoms with van der Waals surface area (Å²) < 4.78 is 47.9. The van der Waals surface area contributed by atoms with Gasteiger partial charge in [0.25, 0.3) is 0 Å². The van der Waals surface area contributed by atoms with Gasteiger partial charge in [-0.3, -0.25) is 0 Å². The molecule has 1 N–H and O–H groups in total. The molecule has 10 heavy (non-hydrogen) atoms. The number of halogens is 4. The van der Waals surface area contributed by atoms with Crippen molar-refractivity contribution < 1.29 is 22.7 Å². The highest BCUT2D eigenvalue weighted by Crippen LogP contribution is 2.54. The molecule has 60 valence electrons. The molecular formula is C5H6F4O. The second-order valence-corrected chi connectivity index (χ2v) is 2.41. The van der Waals surface area contributed by atoms with Crippen LogP contribution >= 0.6 is 0 Å². The molecule has 0 bridgehead atoms. The lowest BCUT2D eigenvalue weighted by atomic mass is 9.77. The topological polar surface area (TPSA) is 20.2 Å². The standard InChI is InChI=1S/C5H6F4O/c6-4(7)1-3(2-10)5(4,8)9/h3,10H,1-2H2. The van der Waals surface area contributed by atoms with E-state index >= 15 is 0 Å². The van der Waals surface area contributed by atoms with Crippen molar-refractivity contribution in [1.29, 1.82) is 0 Å². The fourth-order valence-electron chi connectivity index (χ4n) is 0.920. The van der Waals surface area contributed by atoms with Gasteiger partial charge in [-0.25, -0.2) is 0 Å². The largest absolute Gasteiger partial charge is 0.396 e. The van der Waals surface area contributed by atoms with Gasteiger partial charge in [0.05, 0.1) is 12.5 Å². The zero-order valence-corrected chi connectivity index (χ0v) is 4.95. The van der Waals surface area contributed by atoms with Gasteiger partial charge in [-0.1, -0.05) is 0 Å². The fourth-order valence-corrected chi connectivity index (χ4v) is 0.920. The Morgan fingerprint density at radius 1 is 1.30 bits per heavy atom. The molecule has 0 aromatic rings. The van der Waals surface area contributed by atoms with Gasteiger partial charge in [-0.15, -0.1) is 0 Å². The molecule has 0 spiro atoms. The molecule has 1 atom stereocenters. The van der Waals surface area contributed by atoms with Crippen LogP contribution in [-0.2, 0) is 0 Å². The highest BCUT2D eigenvalue weighted by molar-refractivity contribution is 5.02. The lowest BCUT2D eigenvalue weighted by Crippen LogP contribution is -2.59. The highest BCUT2D eigenvalue weighted by atomic mass is 19.3. The van der Waals surface area contributed by atoms with Gasteiger partial charge in [0, 0.05) is 6.42 Å². The van der Waals surface area contributed by atoms with Crippen molar-refractivity contribution in [1.82, 2.24) is 0 Å². The SMILES string of the molecule is OCC1CC(F)(F)C1(F)F. The van der Waals surface area contributed by atoms with Crippen LogP contribution < -0.4 is 0 Å². The van der Waals surface area contributed by atoms with Gasteiger partial charge in [-0.2, -0.15) is 17.6 Å². The van der Waals surface area contributed by atoms with Crippen molar-refractivity contribution in [2.24, 2.45) is 5.92 Å². The summed E-state index contributed by atoms with van der Waals surface area (Å²) in [5, 5.41) is 8.14. The van der Waals surface area contributed by atoms with Crippen LogP contribution in [-0.4, -0.2) is 23.6 Å². The Kier molecular flexibility index (Phi) is 1.43. The number of aliphatic hydroxyl groups is 1. The quantitative estimate of drug-likeness (QED) is 0.569. The summed E-state index contributed by atoms with van der Waals surface area (Å²) in [6.07, 6.45) is -0.906. The molecule has 0 saturated heterocycles. The second-order valence-electron chi connectivity index (χ2n) is 2.41. The van der Waals surface area contributed by atoms with Crippen LogP contribution in [0.3, 0.4) is 0 Å². The van der Waals surface area contributed by atoms with E-state index in [1.807, 2.05) is 0 Å². The Balaban J connectivity index is 2.65. The Labute approximate surface area is 54.6 Å². The summed E-state index contributed by atoms with van der Waals surface area (Å²) in [6, 6.07) is 0. The first-order valence-electron chi connectivity index (χ1n) is 2.78. The maximum atomic E-state index is 12.1. The third-order valence-corrected chi connectivity index (χ3v) is 1.72. The van der Waals surface area contributed by atoms with Crippen LogP contribution in [0.2, 0.25) is 0 Å². The Hall–Kier alpha value is -0.320. The van der Waals surface area contributed by atoms with Crippen molar-refractivity contribution in [3.05, 3.63) is 0 Å². The molecule has 1 unspecified atom stereocenters. The minimum Gasteiger partial charge on any atom is -0.396 e. The third kappa shape index (κ3) is 0.729. The maximum absolute atomic E-state index is 12.1. The van der Waals surface area contributed by atoms with E-state index < -0.39 is 30.8 Å². The summed E-state index contributed by atoms with van der Waals surface area (Å²) >= 11 is 0. The van der Waals surface area contributed by atoms with Crippen LogP contribution in [0, 0.1) is 5.92 Å². The number of hydrogen-bond acceptors (Lipinski definition) is 1. The molecule has 0 aromatic carbocycles.